The Bertz CT molecular complexity index is 713. The number of nitrogens with zero attached hydrogens (tertiary/aromatic N) is 2. The molecule has 0 N–H and O–H groups in total. The standard InChI is InChI=1S/C17H18N2O/c1-2-10-18-11-9-13-12-5-3-4-6-14(12)19-16(20)8-7-15(18)17(13)19/h2-6,15H,1,7-11H2. The van der Waals surface area contributed by atoms with Crippen LogP contribution in [0.1, 0.15) is 34.9 Å². The molecular formula is C17H18N2O. The van der Waals surface area contributed by atoms with Crippen LogP contribution in [0.4, 0.5) is 0 Å². The molecule has 0 amide bonds. The summed E-state index contributed by atoms with van der Waals surface area (Å²) >= 11 is 0. The first-order valence-corrected chi connectivity index (χ1v) is 7.31. The van der Waals surface area contributed by atoms with E-state index in [1.807, 2.05) is 16.7 Å². The van der Waals surface area contributed by atoms with Gasteiger partial charge in [-0.05, 0) is 24.5 Å². The minimum absolute atomic E-state index is 0.249. The van der Waals surface area contributed by atoms with Crippen LogP contribution in [-0.2, 0) is 6.42 Å². The number of benzene rings is 1. The molecule has 1 aromatic carbocycles. The van der Waals surface area contributed by atoms with Crippen LogP contribution in [-0.4, -0.2) is 28.5 Å². The van der Waals surface area contributed by atoms with Gasteiger partial charge in [-0.2, -0.15) is 0 Å². The number of fused-ring (bicyclic) bond motifs is 3. The van der Waals surface area contributed by atoms with Crippen molar-refractivity contribution >= 4 is 16.8 Å². The Balaban J connectivity index is 2.00. The number of para-hydroxylation sites is 1. The van der Waals surface area contributed by atoms with Crippen LogP contribution in [0.5, 0.6) is 0 Å². The van der Waals surface area contributed by atoms with Crippen LogP contribution in [0.3, 0.4) is 0 Å². The van der Waals surface area contributed by atoms with Crippen LogP contribution in [0, 0.1) is 0 Å². The zero-order valence-corrected chi connectivity index (χ0v) is 11.5. The van der Waals surface area contributed by atoms with Gasteiger partial charge in [0.2, 0.25) is 5.91 Å². The highest BCUT2D eigenvalue weighted by Gasteiger charge is 2.36. The molecule has 1 unspecified atom stereocenters. The second kappa shape index (κ2) is 4.32. The largest absolute Gasteiger partial charge is 0.291 e. The normalized spacial score (nSPS) is 22.0. The van der Waals surface area contributed by atoms with Gasteiger partial charge in [0, 0.05) is 30.6 Å². The van der Waals surface area contributed by atoms with Gasteiger partial charge in [-0.25, -0.2) is 0 Å². The van der Waals surface area contributed by atoms with Gasteiger partial charge in [-0.15, -0.1) is 6.58 Å². The molecule has 4 rings (SSSR count). The predicted molar refractivity (Wildman–Crippen MR) is 80.0 cm³/mol. The van der Waals surface area contributed by atoms with Gasteiger partial charge in [-0.3, -0.25) is 14.3 Å². The maximum absolute atomic E-state index is 12.4. The Morgan fingerprint density at radius 1 is 1.30 bits per heavy atom. The summed E-state index contributed by atoms with van der Waals surface area (Å²) in [6, 6.07) is 8.70. The molecule has 102 valence electrons. The van der Waals surface area contributed by atoms with E-state index in [0.717, 1.165) is 31.4 Å². The summed E-state index contributed by atoms with van der Waals surface area (Å²) < 4.78 is 1.98. The van der Waals surface area contributed by atoms with Crippen LogP contribution in [0.2, 0.25) is 0 Å². The minimum Gasteiger partial charge on any atom is -0.291 e. The number of aromatic nitrogens is 1. The number of hydrogen-bond acceptors (Lipinski definition) is 2. The number of carbonyl (C=O) groups excluding carboxylic acids is 1. The lowest BCUT2D eigenvalue weighted by atomic mass is 9.92. The topological polar surface area (TPSA) is 25.2 Å². The Morgan fingerprint density at radius 2 is 2.15 bits per heavy atom. The van der Waals surface area contributed by atoms with E-state index >= 15 is 0 Å². The summed E-state index contributed by atoms with van der Waals surface area (Å²) in [6.07, 6.45) is 4.58. The van der Waals surface area contributed by atoms with Crippen molar-refractivity contribution < 1.29 is 4.79 Å². The van der Waals surface area contributed by atoms with Crippen LogP contribution in [0.25, 0.3) is 10.9 Å². The molecule has 3 nitrogen and oxygen atoms in total. The van der Waals surface area contributed by atoms with E-state index in [1.54, 1.807) is 0 Å². The highest BCUT2D eigenvalue weighted by Crippen LogP contribution is 2.41. The molecule has 0 saturated heterocycles. The predicted octanol–water partition coefficient (Wildman–Crippen LogP) is 3.16. The summed E-state index contributed by atoms with van der Waals surface area (Å²) in [4.78, 5) is 14.8. The van der Waals surface area contributed by atoms with E-state index in [4.69, 9.17) is 0 Å². The molecule has 0 saturated carbocycles. The van der Waals surface area contributed by atoms with Crippen molar-refractivity contribution in [3.63, 3.8) is 0 Å². The summed E-state index contributed by atoms with van der Waals surface area (Å²) in [5.41, 5.74) is 3.72. The van der Waals surface area contributed by atoms with Gasteiger partial charge in [0.15, 0.2) is 0 Å². The molecule has 0 radical (unpaired) electrons. The average molecular weight is 266 g/mol. The highest BCUT2D eigenvalue weighted by atomic mass is 16.2. The molecule has 2 aliphatic rings. The van der Waals surface area contributed by atoms with Crippen molar-refractivity contribution in [2.45, 2.75) is 25.3 Å². The summed E-state index contributed by atoms with van der Waals surface area (Å²) in [7, 11) is 0. The van der Waals surface area contributed by atoms with Crippen molar-refractivity contribution in [1.29, 1.82) is 0 Å². The van der Waals surface area contributed by atoms with Crippen molar-refractivity contribution in [1.82, 2.24) is 9.47 Å². The molecule has 0 bridgehead atoms. The van der Waals surface area contributed by atoms with E-state index in [-0.39, 0.29) is 5.91 Å². The van der Waals surface area contributed by atoms with Gasteiger partial charge in [0.1, 0.15) is 0 Å². The highest BCUT2D eigenvalue weighted by molar-refractivity contribution is 5.97. The maximum Gasteiger partial charge on any atom is 0.231 e. The first-order chi connectivity index (χ1) is 9.81. The SMILES string of the molecule is C=CCN1CCc2c3n(c4ccccc24)C(=O)CCC31. The molecule has 0 fully saturated rings. The van der Waals surface area contributed by atoms with E-state index < -0.39 is 0 Å². The second-order valence-corrected chi connectivity index (χ2v) is 5.70. The van der Waals surface area contributed by atoms with Crippen LogP contribution >= 0.6 is 0 Å². The molecule has 0 spiro atoms. The third kappa shape index (κ3) is 1.47. The van der Waals surface area contributed by atoms with E-state index in [0.29, 0.717) is 12.5 Å². The molecule has 1 atom stereocenters. The van der Waals surface area contributed by atoms with Crippen LogP contribution < -0.4 is 0 Å². The van der Waals surface area contributed by atoms with Crippen LogP contribution in [0.15, 0.2) is 36.9 Å². The van der Waals surface area contributed by atoms with Gasteiger partial charge in [0.25, 0.3) is 0 Å². The van der Waals surface area contributed by atoms with E-state index in [2.05, 4.69) is 29.7 Å². The fourth-order valence-electron chi connectivity index (χ4n) is 3.87. The minimum atomic E-state index is 0.249. The third-order valence-electron chi connectivity index (χ3n) is 4.67. The summed E-state index contributed by atoms with van der Waals surface area (Å²) in [5.74, 6) is 0.249. The number of carbonyl (C=O) groups is 1. The number of rotatable bonds is 2. The van der Waals surface area contributed by atoms with E-state index in [1.165, 1.54) is 16.6 Å². The van der Waals surface area contributed by atoms with Gasteiger partial charge < -0.3 is 0 Å². The second-order valence-electron chi connectivity index (χ2n) is 5.70. The van der Waals surface area contributed by atoms with Gasteiger partial charge >= 0.3 is 0 Å². The zero-order chi connectivity index (χ0) is 13.7. The monoisotopic (exact) mass is 266 g/mol. The molecule has 0 aliphatic carbocycles. The fourth-order valence-corrected chi connectivity index (χ4v) is 3.87. The van der Waals surface area contributed by atoms with E-state index in [9.17, 15) is 4.79 Å². The van der Waals surface area contributed by atoms with Gasteiger partial charge in [-0.1, -0.05) is 24.3 Å². The molecule has 3 heterocycles. The lowest BCUT2D eigenvalue weighted by Gasteiger charge is -2.38. The van der Waals surface area contributed by atoms with Crippen molar-refractivity contribution in [3.05, 3.63) is 48.2 Å². The first-order valence-electron chi connectivity index (χ1n) is 7.31. The molecule has 1 aromatic heterocycles. The lowest BCUT2D eigenvalue weighted by molar-refractivity contribution is 0.0822. The Labute approximate surface area is 118 Å². The molecule has 2 aromatic rings. The average Bonchev–Trinajstić information content (AvgIpc) is 2.81. The first kappa shape index (κ1) is 11.9. The summed E-state index contributed by atoms with van der Waals surface area (Å²) in [6.45, 7) is 5.83. The Kier molecular flexibility index (Phi) is 2.57. The molecular weight excluding hydrogens is 248 g/mol. The third-order valence-corrected chi connectivity index (χ3v) is 4.67. The Morgan fingerprint density at radius 3 is 3.00 bits per heavy atom. The quantitative estimate of drug-likeness (QED) is 0.780. The smallest absolute Gasteiger partial charge is 0.231 e. The molecule has 2 aliphatic heterocycles. The molecule has 20 heavy (non-hydrogen) atoms. The van der Waals surface area contributed by atoms with Crippen molar-refractivity contribution in [2.24, 2.45) is 0 Å². The summed E-state index contributed by atoms with van der Waals surface area (Å²) in [5, 5.41) is 1.26. The zero-order valence-electron chi connectivity index (χ0n) is 11.5. The lowest BCUT2D eigenvalue weighted by Crippen LogP contribution is -2.40. The van der Waals surface area contributed by atoms with Gasteiger partial charge in [0.05, 0.1) is 11.6 Å². The van der Waals surface area contributed by atoms with Crippen molar-refractivity contribution in [2.75, 3.05) is 13.1 Å². The Hall–Kier alpha value is -1.87. The maximum atomic E-state index is 12.4. The van der Waals surface area contributed by atoms with Crippen molar-refractivity contribution in [3.8, 4) is 0 Å². The fraction of sp³-hybridized carbons (Fsp3) is 0.353. The molecule has 3 heteroatoms. The number of hydrogen-bond donors (Lipinski definition) is 0.